The zero-order chi connectivity index (χ0) is 18.7. The van der Waals surface area contributed by atoms with Gasteiger partial charge in [-0.2, -0.15) is 0 Å². The van der Waals surface area contributed by atoms with Crippen LogP contribution in [0.1, 0.15) is 11.3 Å². The number of methoxy groups -OCH3 is 1. The standard InChI is InChI=1S/C19H17ClFN3O2/c1-23(12-13-6-8-16(26-2)14(21)11-13)18(25)9-7-15-19(20)22-17-5-3-4-10-24(15)17/h3-11H,12H2,1-2H3/b9-7+. The third kappa shape index (κ3) is 3.70. The van der Waals surface area contributed by atoms with Gasteiger partial charge in [0.15, 0.2) is 16.7 Å². The Bertz CT molecular complexity index is 984. The molecule has 2 heterocycles. The molecule has 0 atom stereocenters. The van der Waals surface area contributed by atoms with E-state index in [9.17, 15) is 9.18 Å². The molecule has 0 aliphatic rings. The minimum atomic E-state index is -0.459. The Morgan fingerprint density at radius 2 is 2.19 bits per heavy atom. The Morgan fingerprint density at radius 3 is 2.92 bits per heavy atom. The number of hydrogen-bond donors (Lipinski definition) is 0. The molecular formula is C19H17ClFN3O2. The second kappa shape index (κ2) is 7.58. The van der Waals surface area contributed by atoms with Crippen molar-refractivity contribution >= 4 is 29.2 Å². The maximum absolute atomic E-state index is 13.8. The summed E-state index contributed by atoms with van der Waals surface area (Å²) in [6, 6.07) is 10.2. The van der Waals surface area contributed by atoms with Gasteiger partial charge in [0.25, 0.3) is 0 Å². The number of carbonyl (C=O) groups is 1. The number of amides is 1. The van der Waals surface area contributed by atoms with E-state index in [2.05, 4.69) is 4.98 Å². The average molecular weight is 374 g/mol. The first kappa shape index (κ1) is 17.9. The summed E-state index contributed by atoms with van der Waals surface area (Å²) >= 11 is 6.14. The molecule has 0 bridgehead atoms. The zero-order valence-corrected chi connectivity index (χ0v) is 15.1. The van der Waals surface area contributed by atoms with Crippen LogP contribution >= 0.6 is 11.6 Å². The summed E-state index contributed by atoms with van der Waals surface area (Å²) in [5.41, 5.74) is 1.99. The SMILES string of the molecule is COc1ccc(CN(C)C(=O)/C=C/c2c(Cl)nc3ccccn23)cc1F. The van der Waals surface area contributed by atoms with Gasteiger partial charge in [-0.1, -0.05) is 23.7 Å². The highest BCUT2D eigenvalue weighted by molar-refractivity contribution is 6.31. The topological polar surface area (TPSA) is 46.8 Å². The zero-order valence-electron chi connectivity index (χ0n) is 14.3. The Labute approximate surface area is 155 Å². The van der Waals surface area contributed by atoms with Gasteiger partial charge in [0, 0.05) is 25.9 Å². The summed E-state index contributed by atoms with van der Waals surface area (Å²) in [5.74, 6) is -0.521. The molecule has 0 fully saturated rings. The number of nitrogens with zero attached hydrogens (tertiary/aromatic N) is 3. The molecule has 1 amide bonds. The van der Waals surface area contributed by atoms with Crippen molar-refractivity contribution in [3.63, 3.8) is 0 Å². The lowest BCUT2D eigenvalue weighted by Gasteiger charge is -2.15. The molecule has 0 N–H and O–H groups in total. The fourth-order valence-corrected chi connectivity index (χ4v) is 2.81. The lowest BCUT2D eigenvalue weighted by Crippen LogP contribution is -2.24. The molecular weight excluding hydrogens is 357 g/mol. The van der Waals surface area contributed by atoms with Gasteiger partial charge in [-0.3, -0.25) is 9.20 Å². The van der Waals surface area contributed by atoms with Crippen molar-refractivity contribution in [3.8, 4) is 5.75 Å². The molecule has 5 nitrogen and oxygen atoms in total. The molecule has 0 spiro atoms. The van der Waals surface area contributed by atoms with E-state index in [0.717, 1.165) is 0 Å². The minimum Gasteiger partial charge on any atom is -0.494 e. The van der Waals surface area contributed by atoms with Gasteiger partial charge in [0.1, 0.15) is 5.65 Å². The fourth-order valence-electron chi connectivity index (χ4n) is 2.57. The van der Waals surface area contributed by atoms with Crippen LogP contribution in [0, 0.1) is 5.82 Å². The van der Waals surface area contributed by atoms with Crippen LogP contribution in [0.5, 0.6) is 5.75 Å². The lowest BCUT2D eigenvalue weighted by molar-refractivity contribution is -0.125. The second-order valence-electron chi connectivity index (χ2n) is 5.71. The summed E-state index contributed by atoms with van der Waals surface area (Å²) in [4.78, 5) is 18.1. The maximum atomic E-state index is 13.8. The molecule has 26 heavy (non-hydrogen) atoms. The van der Waals surface area contributed by atoms with Crippen molar-refractivity contribution in [2.75, 3.05) is 14.2 Å². The largest absolute Gasteiger partial charge is 0.494 e. The molecule has 3 rings (SSSR count). The highest BCUT2D eigenvalue weighted by atomic mass is 35.5. The van der Waals surface area contributed by atoms with Gasteiger partial charge in [-0.25, -0.2) is 9.37 Å². The van der Waals surface area contributed by atoms with Gasteiger partial charge in [0.2, 0.25) is 5.91 Å². The number of rotatable bonds is 5. The summed E-state index contributed by atoms with van der Waals surface area (Å²) in [6.07, 6.45) is 4.86. The predicted octanol–water partition coefficient (Wildman–Crippen LogP) is 3.81. The van der Waals surface area contributed by atoms with E-state index in [1.165, 1.54) is 30.2 Å². The third-order valence-electron chi connectivity index (χ3n) is 3.92. The van der Waals surface area contributed by atoms with Crippen LogP contribution in [0.25, 0.3) is 11.7 Å². The summed E-state index contributed by atoms with van der Waals surface area (Å²) in [6.45, 7) is 0.269. The number of halogens is 2. The number of benzene rings is 1. The third-order valence-corrected chi connectivity index (χ3v) is 4.20. The molecule has 0 radical (unpaired) electrons. The molecule has 134 valence electrons. The maximum Gasteiger partial charge on any atom is 0.246 e. The van der Waals surface area contributed by atoms with Crippen molar-refractivity contribution in [2.45, 2.75) is 6.54 Å². The number of likely N-dealkylation sites (N-methyl/N-ethyl adjacent to an activating group) is 1. The summed E-state index contributed by atoms with van der Waals surface area (Å²) in [7, 11) is 3.05. The molecule has 0 unspecified atom stereocenters. The predicted molar refractivity (Wildman–Crippen MR) is 98.7 cm³/mol. The number of hydrogen-bond acceptors (Lipinski definition) is 3. The van der Waals surface area contributed by atoms with Crippen molar-refractivity contribution in [2.24, 2.45) is 0 Å². The van der Waals surface area contributed by atoms with Gasteiger partial charge < -0.3 is 9.64 Å². The monoisotopic (exact) mass is 373 g/mol. The Balaban J connectivity index is 1.73. The number of aromatic nitrogens is 2. The molecule has 7 heteroatoms. The quantitative estimate of drug-likeness (QED) is 0.639. The van der Waals surface area contributed by atoms with Crippen molar-refractivity contribution in [3.05, 3.63) is 70.9 Å². The lowest BCUT2D eigenvalue weighted by atomic mass is 10.2. The highest BCUT2D eigenvalue weighted by Gasteiger charge is 2.11. The number of imidazole rings is 1. The molecule has 3 aromatic rings. The normalized spacial score (nSPS) is 11.2. The Kier molecular flexibility index (Phi) is 5.23. The van der Waals surface area contributed by atoms with Gasteiger partial charge in [0.05, 0.1) is 12.8 Å². The van der Waals surface area contributed by atoms with E-state index in [1.807, 2.05) is 24.4 Å². The van der Waals surface area contributed by atoms with Gasteiger partial charge in [-0.15, -0.1) is 0 Å². The molecule has 0 saturated carbocycles. The average Bonchev–Trinajstić information content (AvgIpc) is 2.95. The van der Waals surface area contributed by atoms with E-state index < -0.39 is 5.82 Å². The Morgan fingerprint density at radius 1 is 1.38 bits per heavy atom. The van der Waals surface area contributed by atoms with Crippen molar-refractivity contribution in [1.82, 2.24) is 14.3 Å². The van der Waals surface area contributed by atoms with Crippen LogP contribution in [-0.2, 0) is 11.3 Å². The fraction of sp³-hybridized carbons (Fsp3) is 0.158. The second-order valence-corrected chi connectivity index (χ2v) is 6.07. The molecule has 1 aromatic carbocycles. The van der Waals surface area contributed by atoms with E-state index in [0.29, 0.717) is 22.1 Å². The summed E-state index contributed by atoms with van der Waals surface area (Å²) in [5, 5.41) is 0.320. The minimum absolute atomic E-state index is 0.171. The van der Waals surface area contributed by atoms with Crippen LogP contribution in [0.3, 0.4) is 0 Å². The summed E-state index contributed by atoms with van der Waals surface area (Å²) < 4.78 is 20.4. The van der Waals surface area contributed by atoms with E-state index in [1.54, 1.807) is 23.6 Å². The van der Waals surface area contributed by atoms with Crippen LogP contribution in [0.15, 0.2) is 48.7 Å². The van der Waals surface area contributed by atoms with Crippen LogP contribution in [-0.4, -0.2) is 34.3 Å². The van der Waals surface area contributed by atoms with Crippen molar-refractivity contribution in [1.29, 1.82) is 0 Å². The number of fused-ring (bicyclic) bond motifs is 1. The van der Waals surface area contributed by atoms with Crippen molar-refractivity contribution < 1.29 is 13.9 Å². The highest BCUT2D eigenvalue weighted by Crippen LogP contribution is 2.20. The number of ether oxygens (including phenoxy) is 1. The van der Waals surface area contributed by atoms with E-state index >= 15 is 0 Å². The first-order chi connectivity index (χ1) is 12.5. The number of pyridine rings is 1. The first-order valence-corrected chi connectivity index (χ1v) is 8.25. The van der Waals surface area contributed by atoms with Crippen LogP contribution in [0.4, 0.5) is 4.39 Å². The van der Waals surface area contributed by atoms with Crippen LogP contribution in [0.2, 0.25) is 5.15 Å². The molecule has 0 aliphatic carbocycles. The smallest absolute Gasteiger partial charge is 0.246 e. The Hall–Kier alpha value is -2.86. The van der Waals surface area contributed by atoms with E-state index in [-0.39, 0.29) is 18.2 Å². The molecule has 0 saturated heterocycles. The number of carbonyl (C=O) groups excluding carboxylic acids is 1. The van der Waals surface area contributed by atoms with Gasteiger partial charge in [-0.05, 0) is 35.9 Å². The van der Waals surface area contributed by atoms with Gasteiger partial charge >= 0.3 is 0 Å². The van der Waals surface area contributed by atoms with E-state index in [4.69, 9.17) is 16.3 Å². The molecule has 2 aromatic heterocycles. The first-order valence-electron chi connectivity index (χ1n) is 7.88. The molecule has 0 aliphatic heterocycles. The van der Waals surface area contributed by atoms with Crippen LogP contribution < -0.4 is 4.74 Å².